The summed E-state index contributed by atoms with van der Waals surface area (Å²) in [5.74, 6) is 0.789. The number of aliphatic hydroxyl groups is 1. The van der Waals surface area contributed by atoms with Crippen LogP contribution in [0.25, 0.3) is 0 Å². The molecule has 0 saturated carbocycles. The highest BCUT2D eigenvalue weighted by atomic mass is 35.5. The van der Waals surface area contributed by atoms with Crippen molar-refractivity contribution in [3.05, 3.63) is 28.8 Å². The van der Waals surface area contributed by atoms with Gasteiger partial charge in [0.1, 0.15) is 5.75 Å². The van der Waals surface area contributed by atoms with Crippen LogP contribution in [-0.4, -0.2) is 13.4 Å². The molecule has 14 heavy (non-hydrogen) atoms. The summed E-state index contributed by atoms with van der Waals surface area (Å²) in [6, 6.07) is 5.38. The van der Waals surface area contributed by atoms with Crippen molar-refractivity contribution in [3.8, 4) is 5.75 Å². The molecule has 0 amide bonds. The fourth-order valence-corrected chi connectivity index (χ4v) is 2.10. The molecule has 78 valence electrons. The minimum Gasteiger partial charge on any atom is -0.544 e. The SMILES string of the molecule is C[Si](C)(C)Oc1ccc(Cl)c(CO)c1. The Hall–Kier alpha value is -0.513. The van der Waals surface area contributed by atoms with E-state index in [1.165, 1.54) is 0 Å². The Morgan fingerprint density at radius 2 is 2.00 bits per heavy atom. The largest absolute Gasteiger partial charge is 0.544 e. The second-order valence-electron chi connectivity index (χ2n) is 4.13. The maximum absolute atomic E-state index is 9.01. The molecule has 4 heteroatoms. The number of halogens is 1. The molecule has 0 saturated heterocycles. The van der Waals surface area contributed by atoms with Gasteiger partial charge in [0.2, 0.25) is 8.32 Å². The molecule has 0 radical (unpaired) electrons. The molecule has 0 aliphatic heterocycles. The Balaban J connectivity index is 2.90. The van der Waals surface area contributed by atoms with Gasteiger partial charge in [-0.2, -0.15) is 0 Å². The highest BCUT2D eigenvalue weighted by Crippen LogP contribution is 2.23. The molecule has 0 aliphatic carbocycles. The first-order chi connectivity index (χ1) is 6.42. The quantitative estimate of drug-likeness (QED) is 0.809. The van der Waals surface area contributed by atoms with Crippen molar-refractivity contribution in [1.82, 2.24) is 0 Å². The van der Waals surface area contributed by atoms with Crippen molar-refractivity contribution >= 4 is 19.9 Å². The Morgan fingerprint density at radius 1 is 1.36 bits per heavy atom. The lowest BCUT2D eigenvalue weighted by Gasteiger charge is -2.19. The zero-order valence-corrected chi connectivity index (χ0v) is 10.4. The Kier molecular flexibility index (Phi) is 3.58. The van der Waals surface area contributed by atoms with Crippen molar-refractivity contribution in [2.75, 3.05) is 0 Å². The Bertz CT molecular complexity index is 320. The molecular formula is C10H15ClO2Si. The molecule has 0 atom stereocenters. The predicted molar refractivity (Wildman–Crippen MR) is 61.3 cm³/mol. The fraction of sp³-hybridized carbons (Fsp3) is 0.400. The fourth-order valence-electron chi connectivity index (χ4n) is 1.09. The van der Waals surface area contributed by atoms with Crippen LogP contribution in [0.5, 0.6) is 5.75 Å². The number of benzene rings is 1. The van der Waals surface area contributed by atoms with Crippen molar-refractivity contribution in [2.24, 2.45) is 0 Å². The summed E-state index contributed by atoms with van der Waals surface area (Å²) in [5.41, 5.74) is 0.711. The highest BCUT2D eigenvalue weighted by Gasteiger charge is 2.16. The van der Waals surface area contributed by atoms with E-state index in [1.807, 2.05) is 6.07 Å². The minimum absolute atomic E-state index is 0.0538. The lowest BCUT2D eigenvalue weighted by atomic mass is 10.2. The zero-order chi connectivity index (χ0) is 10.8. The van der Waals surface area contributed by atoms with Gasteiger partial charge in [-0.05, 0) is 43.4 Å². The van der Waals surface area contributed by atoms with Gasteiger partial charge < -0.3 is 9.53 Å². The lowest BCUT2D eigenvalue weighted by molar-refractivity contribution is 0.281. The summed E-state index contributed by atoms with van der Waals surface area (Å²) in [5, 5.41) is 9.59. The van der Waals surface area contributed by atoms with Gasteiger partial charge in [-0.3, -0.25) is 0 Å². The average Bonchev–Trinajstić information content (AvgIpc) is 2.06. The maximum atomic E-state index is 9.01. The summed E-state index contributed by atoms with van der Waals surface area (Å²) in [6.45, 7) is 6.28. The average molecular weight is 231 g/mol. The summed E-state index contributed by atoms with van der Waals surface area (Å²) in [6.07, 6.45) is 0. The first kappa shape index (κ1) is 11.6. The Labute approximate surface area is 90.6 Å². The van der Waals surface area contributed by atoms with Crippen LogP contribution in [0.2, 0.25) is 24.7 Å². The van der Waals surface area contributed by atoms with Gasteiger partial charge in [0.25, 0.3) is 0 Å². The molecule has 1 rings (SSSR count). The number of hydrogen-bond acceptors (Lipinski definition) is 2. The van der Waals surface area contributed by atoms with Crippen molar-refractivity contribution in [2.45, 2.75) is 26.2 Å². The normalized spacial score (nSPS) is 11.5. The first-order valence-corrected chi connectivity index (χ1v) is 8.29. The summed E-state index contributed by atoms with van der Waals surface area (Å²) in [4.78, 5) is 0. The van der Waals surface area contributed by atoms with E-state index in [9.17, 15) is 0 Å². The topological polar surface area (TPSA) is 29.5 Å². The summed E-state index contributed by atoms with van der Waals surface area (Å²) >= 11 is 5.86. The maximum Gasteiger partial charge on any atom is 0.242 e. The van der Waals surface area contributed by atoms with Crippen LogP contribution < -0.4 is 4.43 Å². The number of aliphatic hydroxyl groups excluding tert-OH is 1. The van der Waals surface area contributed by atoms with Gasteiger partial charge in [0, 0.05) is 5.02 Å². The van der Waals surface area contributed by atoms with Crippen LogP contribution in [0, 0.1) is 0 Å². The van der Waals surface area contributed by atoms with Crippen LogP contribution in [0.1, 0.15) is 5.56 Å². The van der Waals surface area contributed by atoms with Crippen molar-refractivity contribution in [1.29, 1.82) is 0 Å². The third-order valence-corrected chi connectivity index (χ3v) is 2.83. The minimum atomic E-state index is -1.58. The molecule has 1 aromatic carbocycles. The van der Waals surface area contributed by atoms with Crippen LogP contribution in [-0.2, 0) is 6.61 Å². The van der Waals surface area contributed by atoms with E-state index in [1.54, 1.807) is 12.1 Å². The van der Waals surface area contributed by atoms with Gasteiger partial charge in [-0.1, -0.05) is 11.6 Å². The zero-order valence-electron chi connectivity index (χ0n) is 8.67. The summed E-state index contributed by atoms with van der Waals surface area (Å²) < 4.78 is 5.77. The second-order valence-corrected chi connectivity index (χ2v) is 8.96. The number of rotatable bonds is 3. The van der Waals surface area contributed by atoms with E-state index >= 15 is 0 Å². The van der Waals surface area contributed by atoms with Gasteiger partial charge in [-0.25, -0.2) is 0 Å². The number of hydrogen-bond donors (Lipinski definition) is 1. The molecule has 0 bridgehead atoms. The molecule has 0 aliphatic rings. The van der Waals surface area contributed by atoms with Gasteiger partial charge >= 0.3 is 0 Å². The molecule has 0 heterocycles. The molecule has 0 unspecified atom stereocenters. The molecule has 1 N–H and O–H groups in total. The van der Waals surface area contributed by atoms with Crippen LogP contribution in [0.15, 0.2) is 18.2 Å². The van der Waals surface area contributed by atoms with Crippen LogP contribution >= 0.6 is 11.6 Å². The highest BCUT2D eigenvalue weighted by molar-refractivity contribution is 6.70. The molecule has 0 spiro atoms. The van der Waals surface area contributed by atoms with E-state index in [2.05, 4.69) is 19.6 Å². The molecule has 1 aromatic rings. The predicted octanol–water partition coefficient (Wildman–Crippen LogP) is 3.05. The molecular weight excluding hydrogens is 216 g/mol. The van der Waals surface area contributed by atoms with E-state index in [0.717, 1.165) is 5.75 Å². The molecule has 0 aromatic heterocycles. The van der Waals surface area contributed by atoms with Crippen molar-refractivity contribution in [3.63, 3.8) is 0 Å². The Morgan fingerprint density at radius 3 is 2.50 bits per heavy atom. The first-order valence-electron chi connectivity index (χ1n) is 4.51. The monoisotopic (exact) mass is 230 g/mol. The molecule has 2 nitrogen and oxygen atoms in total. The van der Waals surface area contributed by atoms with Gasteiger partial charge in [0.05, 0.1) is 6.61 Å². The van der Waals surface area contributed by atoms with Gasteiger partial charge in [-0.15, -0.1) is 0 Å². The smallest absolute Gasteiger partial charge is 0.242 e. The summed E-state index contributed by atoms with van der Waals surface area (Å²) in [7, 11) is -1.58. The van der Waals surface area contributed by atoms with Crippen molar-refractivity contribution < 1.29 is 9.53 Å². The third-order valence-electron chi connectivity index (χ3n) is 1.61. The van der Waals surface area contributed by atoms with Gasteiger partial charge in [0.15, 0.2) is 0 Å². The van der Waals surface area contributed by atoms with Crippen LogP contribution in [0.3, 0.4) is 0 Å². The second kappa shape index (κ2) is 4.34. The van der Waals surface area contributed by atoms with E-state index in [4.69, 9.17) is 21.1 Å². The van der Waals surface area contributed by atoms with E-state index < -0.39 is 8.32 Å². The third kappa shape index (κ3) is 3.33. The molecule has 0 fully saturated rings. The van der Waals surface area contributed by atoms with E-state index in [0.29, 0.717) is 10.6 Å². The van der Waals surface area contributed by atoms with Crippen LogP contribution in [0.4, 0.5) is 0 Å². The standard InChI is InChI=1S/C10H15ClO2Si/c1-14(2,3)13-9-4-5-10(11)8(6-9)7-12/h4-6,12H,7H2,1-3H3. The van der Waals surface area contributed by atoms with E-state index in [-0.39, 0.29) is 6.61 Å². The lowest BCUT2D eigenvalue weighted by Crippen LogP contribution is -2.29.